The highest BCUT2D eigenvalue weighted by Gasteiger charge is 2.27. The molecule has 5 heteroatoms. The summed E-state index contributed by atoms with van der Waals surface area (Å²) in [5.41, 5.74) is -0.248. The Labute approximate surface area is 83.4 Å². The van der Waals surface area contributed by atoms with Crippen molar-refractivity contribution in [1.82, 2.24) is 0 Å². The van der Waals surface area contributed by atoms with Gasteiger partial charge in [-0.2, -0.15) is 0 Å². The zero-order valence-corrected chi connectivity index (χ0v) is 7.70. The predicted molar refractivity (Wildman–Crippen MR) is 45.8 cm³/mol. The van der Waals surface area contributed by atoms with Crippen LogP contribution in [0.2, 0.25) is 5.02 Å². The summed E-state index contributed by atoms with van der Waals surface area (Å²) in [5.74, 6) is -2.43. The summed E-state index contributed by atoms with van der Waals surface area (Å²) in [5, 5.41) is -0.338. The number of ketones is 1. The van der Waals surface area contributed by atoms with Crippen LogP contribution in [0, 0.1) is 11.6 Å². The van der Waals surface area contributed by atoms with E-state index in [1.165, 1.54) is 0 Å². The number of halogens is 3. The van der Waals surface area contributed by atoms with Crippen molar-refractivity contribution in [2.24, 2.45) is 0 Å². The van der Waals surface area contributed by atoms with Gasteiger partial charge < -0.3 is 4.74 Å². The topological polar surface area (TPSA) is 26.3 Å². The Kier molecular flexibility index (Phi) is 2.15. The predicted octanol–water partition coefficient (Wildman–Crippen LogP) is 2.58. The lowest BCUT2D eigenvalue weighted by atomic mass is 10.0. The van der Waals surface area contributed by atoms with Crippen LogP contribution in [0.5, 0.6) is 5.75 Å². The Morgan fingerprint density at radius 3 is 2.79 bits per heavy atom. The van der Waals surface area contributed by atoms with Crippen LogP contribution < -0.4 is 4.74 Å². The minimum Gasteiger partial charge on any atom is -0.491 e. The van der Waals surface area contributed by atoms with Crippen molar-refractivity contribution in [3.05, 3.63) is 28.3 Å². The van der Waals surface area contributed by atoms with Crippen molar-refractivity contribution in [2.75, 3.05) is 6.61 Å². The second-order valence-electron chi connectivity index (χ2n) is 2.88. The molecule has 1 aliphatic heterocycles. The zero-order valence-electron chi connectivity index (χ0n) is 6.94. The second kappa shape index (κ2) is 3.20. The second-order valence-corrected chi connectivity index (χ2v) is 3.26. The van der Waals surface area contributed by atoms with E-state index >= 15 is 0 Å². The first kappa shape index (κ1) is 9.40. The standard InChI is InChI=1S/C9H5ClF2O2/c10-8-5(12)3-4(11)7-6(13)1-2-14-9(7)8/h3H,1-2H2. The number of fused-ring (bicyclic) bond motifs is 1. The van der Waals surface area contributed by atoms with Gasteiger partial charge in [0.25, 0.3) is 0 Å². The number of carbonyl (C=O) groups is 1. The maximum Gasteiger partial charge on any atom is 0.173 e. The molecule has 74 valence electrons. The number of carbonyl (C=O) groups excluding carboxylic acids is 1. The number of hydrogen-bond donors (Lipinski definition) is 0. The third kappa shape index (κ3) is 1.26. The van der Waals surface area contributed by atoms with E-state index in [9.17, 15) is 13.6 Å². The summed E-state index contributed by atoms with van der Waals surface area (Å²) in [4.78, 5) is 11.3. The van der Waals surface area contributed by atoms with Crippen molar-refractivity contribution >= 4 is 17.4 Å². The maximum absolute atomic E-state index is 13.2. The van der Waals surface area contributed by atoms with Crippen LogP contribution in [0.15, 0.2) is 6.07 Å². The van der Waals surface area contributed by atoms with E-state index < -0.39 is 17.4 Å². The fourth-order valence-corrected chi connectivity index (χ4v) is 1.54. The van der Waals surface area contributed by atoms with Gasteiger partial charge in [-0.3, -0.25) is 4.79 Å². The van der Waals surface area contributed by atoms with Crippen molar-refractivity contribution in [3.63, 3.8) is 0 Å². The third-order valence-electron chi connectivity index (χ3n) is 1.98. The van der Waals surface area contributed by atoms with E-state index in [1.54, 1.807) is 0 Å². The monoisotopic (exact) mass is 218 g/mol. The number of hydrogen-bond acceptors (Lipinski definition) is 2. The number of Topliss-reactive ketones (excluding diaryl/α,β-unsaturated/α-hetero) is 1. The molecule has 14 heavy (non-hydrogen) atoms. The van der Waals surface area contributed by atoms with Crippen LogP contribution in [0.25, 0.3) is 0 Å². The summed E-state index contributed by atoms with van der Waals surface area (Å²) in [6.07, 6.45) is 0.0892. The van der Waals surface area contributed by atoms with Gasteiger partial charge in [0.15, 0.2) is 11.5 Å². The highest BCUT2D eigenvalue weighted by molar-refractivity contribution is 6.33. The average molecular weight is 219 g/mol. The Morgan fingerprint density at radius 1 is 1.36 bits per heavy atom. The van der Waals surface area contributed by atoms with E-state index in [-0.39, 0.29) is 29.4 Å². The molecule has 0 unspecified atom stereocenters. The minimum absolute atomic E-state index is 0.0892. The molecule has 0 spiro atoms. The molecule has 2 rings (SSSR count). The number of benzene rings is 1. The molecular weight excluding hydrogens is 214 g/mol. The molecule has 0 amide bonds. The summed E-state index contributed by atoms with van der Waals surface area (Å²) in [6.45, 7) is 0.106. The summed E-state index contributed by atoms with van der Waals surface area (Å²) in [6, 6.07) is 0.591. The normalized spacial score (nSPS) is 14.9. The molecule has 0 radical (unpaired) electrons. The Balaban J connectivity index is 2.72. The van der Waals surface area contributed by atoms with Gasteiger partial charge in [-0.15, -0.1) is 0 Å². The first-order valence-electron chi connectivity index (χ1n) is 3.94. The molecular formula is C9H5ClF2O2. The molecule has 1 aliphatic rings. The van der Waals surface area contributed by atoms with E-state index in [1.807, 2.05) is 0 Å². The fraction of sp³-hybridized carbons (Fsp3) is 0.222. The molecule has 0 fully saturated rings. The fourth-order valence-electron chi connectivity index (χ4n) is 1.34. The van der Waals surface area contributed by atoms with Gasteiger partial charge in [-0.05, 0) is 0 Å². The van der Waals surface area contributed by atoms with Gasteiger partial charge >= 0.3 is 0 Å². The van der Waals surface area contributed by atoms with Crippen LogP contribution in [0.1, 0.15) is 16.8 Å². The van der Waals surface area contributed by atoms with Crippen molar-refractivity contribution < 1.29 is 18.3 Å². The Morgan fingerprint density at radius 2 is 2.07 bits per heavy atom. The molecule has 0 saturated heterocycles. The maximum atomic E-state index is 13.2. The molecule has 0 aromatic heterocycles. The van der Waals surface area contributed by atoms with Gasteiger partial charge in [-0.1, -0.05) is 11.6 Å². The molecule has 0 atom stereocenters. The van der Waals surface area contributed by atoms with E-state index in [2.05, 4.69) is 0 Å². The van der Waals surface area contributed by atoms with Gasteiger partial charge in [0.1, 0.15) is 16.7 Å². The SMILES string of the molecule is O=C1CCOc2c(Cl)c(F)cc(F)c21. The van der Waals surface area contributed by atoms with Crippen molar-refractivity contribution in [2.45, 2.75) is 6.42 Å². The lowest BCUT2D eigenvalue weighted by molar-refractivity contribution is 0.0927. The minimum atomic E-state index is -0.924. The number of ether oxygens (including phenoxy) is 1. The third-order valence-corrected chi connectivity index (χ3v) is 2.33. The smallest absolute Gasteiger partial charge is 0.173 e. The lowest BCUT2D eigenvalue weighted by Crippen LogP contribution is -2.17. The lowest BCUT2D eigenvalue weighted by Gasteiger charge is -2.17. The van der Waals surface area contributed by atoms with Gasteiger partial charge in [-0.25, -0.2) is 8.78 Å². The molecule has 0 saturated carbocycles. The highest BCUT2D eigenvalue weighted by atomic mass is 35.5. The largest absolute Gasteiger partial charge is 0.491 e. The average Bonchev–Trinajstić information content (AvgIpc) is 2.14. The molecule has 1 aromatic rings. The Hall–Kier alpha value is -1.16. The molecule has 0 bridgehead atoms. The van der Waals surface area contributed by atoms with Gasteiger partial charge in [0.05, 0.1) is 12.2 Å². The molecule has 0 aliphatic carbocycles. The first-order valence-corrected chi connectivity index (χ1v) is 4.32. The van der Waals surface area contributed by atoms with Crippen LogP contribution in [-0.2, 0) is 0 Å². The highest BCUT2D eigenvalue weighted by Crippen LogP contribution is 2.36. The van der Waals surface area contributed by atoms with Crippen LogP contribution >= 0.6 is 11.6 Å². The molecule has 1 aromatic carbocycles. The van der Waals surface area contributed by atoms with E-state index in [0.29, 0.717) is 6.07 Å². The zero-order chi connectivity index (χ0) is 10.3. The molecule has 2 nitrogen and oxygen atoms in total. The van der Waals surface area contributed by atoms with E-state index in [4.69, 9.17) is 16.3 Å². The van der Waals surface area contributed by atoms with E-state index in [0.717, 1.165) is 0 Å². The van der Waals surface area contributed by atoms with Gasteiger partial charge in [0, 0.05) is 12.5 Å². The van der Waals surface area contributed by atoms with Gasteiger partial charge in [0.2, 0.25) is 0 Å². The van der Waals surface area contributed by atoms with Crippen LogP contribution in [0.4, 0.5) is 8.78 Å². The summed E-state index contributed by atoms with van der Waals surface area (Å²) >= 11 is 5.53. The Bertz CT molecular complexity index is 418. The molecule has 1 heterocycles. The summed E-state index contributed by atoms with van der Waals surface area (Å²) < 4.78 is 31.0. The number of rotatable bonds is 0. The molecule has 0 N–H and O–H groups in total. The van der Waals surface area contributed by atoms with Crippen molar-refractivity contribution in [3.8, 4) is 5.75 Å². The van der Waals surface area contributed by atoms with Crippen LogP contribution in [-0.4, -0.2) is 12.4 Å². The van der Waals surface area contributed by atoms with Crippen LogP contribution in [0.3, 0.4) is 0 Å². The quantitative estimate of drug-likeness (QED) is 0.626. The summed E-state index contributed by atoms with van der Waals surface area (Å²) in [7, 11) is 0. The van der Waals surface area contributed by atoms with Crippen molar-refractivity contribution in [1.29, 1.82) is 0 Å². The first-order chi connectivity index (χ1) is 6.61.